The number of imidazole rings is 1. The molecule has 0 saturated heterocycles. The Labute approximate surface area is 104 Å². The number of fused-ring (bicyclic) bond motifs is 3. The highest BCUT2D eigenvalue weighted by molar-refractivity contribution is 6.01. The first-order chi connectivity index (χ1) is 8.72. The number of hydrogen-bond donors (Lipinski definition) is 1. The fourth-order valence-corrected chi connectivity index (χ4v) is 2.37. The predicted octanol–water partition coefficient (Wildman–Crippen LogP) is 2.99. The van der Waals surface area contributed by atoms with Crippen LogP contribution in [0.5, 0.6) is 0 Å². The van der Waals surface area contributed by atoms with Gasteiger partial charge in [0, 0.05) is 11.6 Å². The summed E-state index contributed by atoms with van der Waals surface area (Å²) in [6, 6.07) is 10.2. The Kier molecular flexibility index (Phi) is 2.30. The van der Waals surface area contributed by atoms with Crippen LogP contribution in [0.25, 0.3) is 16.4 Å². The number of pyridine rings is 1. The molecule has 0 aliphatic rings. The summed E-state index contributed by atoms with van der Waals surface area (Å²) in [4.78, 5) is 4.58. The Morgan fingerprint density at radius 2 is 2.06 bits per heavy atom. The summed E-state index contributed by atoms with van der Waals surface area (Å²) in [5, 5.41) is 14.5. The molecule has 0 unspecified atom stereocenters. The van der Waals surface area contributed by atoms with Crippen LogP contribution in [0.15, 0.2) is 41.7 Å². The van der Waals surface area contributed by atoms with Crippen LogP contribution in [0.3, 0.4) is 0 Å². The number of aryl methyl sites for hydroxylation is 1. The van der Waals surface area contributed by atoms with E-state index >= 15 is 0 Å². The third-order valence-corrected chi connectivity index (χ3v) is 3.18. The van der Waals surface area contributed by atoms with Crippen molar-refractivity contribution >= 4 is 22.1 Å². The molecule has 18 heavy (non-hydrogen) atoms. The van der Waals surface area contributed by atoms with Gasteiger partial charge in [-0.3, -0.25) is 4.40 Å². The van der Waals surface area contributed by atoms with Crippen molar-refractivity contribution in [1.29, 1.82) is 0 Å². The first kappa shape index (κ1) is 10.8. The summed E-state index contributed by atoms with van der Waals surface area (Å²) in [5.74, 6) is 0. The van der Waals surface area contributed by atoms with Crippen LogP contribution >= 0.6 is 0 Å². The zero-order valence-electron chi connectivity index (χ0n) is 10.3. The molecule has 4 nitrogen and oxygen atoms in total. The molecular weight excluding hydrogens is 226 g/mol. The molecule has 0 amide bonds. The molecule has 3 rings (SSSR count). The average molecular weight is 239 g/mol. The van der Waals surface area contributed by atoms with Crippen molar-refractivity contribution in [1.82, 2.24) is 9.38 Å². The van der Waals surface area contributed by atoms with Crippen molar-refractivity contribution in [3.05, 3.63) is 47.9 Å². The molecule has 0 radical (unpaired) electrons. The second-order valence-electron chi connectivity index (χ2n) is 4.33. The molecule has 0 spiro atoms. The van der Waals surface area contributed by atoms with Gasteiger partial charge in [-0.15, -0.1) is 0 Å². The van der Waals surface area contributed by atoms with Crippen LogP contribution < -0.4 is 0 Å². The van der Waals surface area contributed by atoms with E-state index in [2.05, 4.69) is 16.2 Å². The molecule has 1 aromatic carbocycles. The van der Waals surface area contributed by atoms with E-state index in [-0.39, 0.29) is 0 Å². The average Bonchev–Trinajstić information content (AvgIpc) is 2.74. The summed E-state index contributed by atoms with van der Waals surface area (Å²) in [5.41, 5.74) is 3.17. The molecule has 0 saturated carbocycles. The van der Waals surface area contributed by atoms with Gasteiger partial charge in [-0.1, -0.05) is 29.4 Å². The van der Waals surface area contributed by atoms with Gasteiger partial charge in [-0.2, -0.15) is 0 Å². The molecule has 0 atom stereocenters. The second kappa shape index (κ2) is 3.84. The van der Waals surface area contributed by atoms with Crippen molar-refractivity contribution in [2.75, 3.05) is 0 Å². The molecule has 1 N–H and O–H groups in total. The molecule has 2 aromatic heterocycles. The zero-order valence-corrected chi connectivity index (χ0v) is 10.3. The van der Waals surface area contributed by atoms with Gasteiger partial charge in [0.05, 0.1) is 11.4 Å². The van der Waals surface area contributed by atoms with E-state index in [1.54, 1.807) is 6.92 Å². The Hall–Kier alpha value is -2.36. The zero-order chi connectivity index (χ0) is 12.7. The van der Waals surface area contributed by atoms with Gasteiger partial charge >= 0.3 is 0 Å². The van der Waals surface area contributed by atoms with Gasteiger partial charge in [0.25, 0.3) is 0 Å². The first-order valence-electron chi connectivity index (χ1n) is 5.78. The largest absolute Gasteiger partial charge is 0.411 e. The van der Waals surface area contributed by atoms with Crippen molar-refractivity contribution in [2.45, 2.75) is 13.8 Å². The number of nitrogens with zero attached hydrogens (tertiary/aromatic N) is 3. The molecule has 0 bridgehead atoms. The van der Waals surface area contributed by atoms with Crippen LogP contribution in [-0.4, -0.2) is 20.3 Å². The Balaban J connectivity index is 2.48. The SMILES string of the molecule is C/C(=N/O)c1c(C)nc2c3ccccc3ccn12. The number of rotatable bonds is 1. The highest BCUT2D eigenvalue weighted by Crippen LogP contribution is 2.22. The molecule has 2 heterocycles. The normalized spacial score (nSPS) is 12.4. The molecule has 4 heteroatoms. The van der Waals surface area contributed by atoms with Crippen LogP contribution in [0.2, 0.25) is 0 Å². The lowest BCUT2D eigenvalue weighted by atomic mass is 10.2. The van der Waals surface area contributed by atoms with E-state index in [4.69, 9.17) is 5.21 Å². The third kappa shape index (κ3) is 1.39. The predicted molar refractivity (Wildman–Crippen MR) is 71.4 cm³/mol. The summed E-state index contributed by atoms with van der Waals surface area (Å²) in [7, 11) is 0. The second-order valence-corrected chi connectivity index (χ2v) is 4.33. The van der Waals surface area contributed by atoms with Gasteiger partial charge in [-0.05, 0) is 25.3 Å². The maximum absolute atomic E-state index is 8.95. The van der Waals surface area contributed by atoms with Gasteiger partial charge in [0.2, 0.25) is 0 Å². The van der Waals surface area contributed by atoms with E-state index in [0.29, 0.717) is 5.71 Å². The highest BCUT2D eigenvalue weighted by atomic mass is 16.4. The summed E-state index contributed by atoms with van der Waals surface area (Å²) in [6.45, 7) is 3.69. The van der Waals surface area contributed by atoms with Crippen molar-refractivity contribution in [3.8, 4) is 0 Å². The lowest BCUT2D eigenvalue weighted by molar-refractivity contribution is 0.319. The first-order valence-corrected chi connectivity index (χ1v) is 5.78. The van der Waals surface area contributed by atoms with Crippen molar-refractivity contribution in [2.24, 2.45) is 5.16 Å². The van der Waals surface area contributed by atoms with Crippen LogP contribution in [-0.2, 0) is 0 Å². The van der Waals surface area contributed by atoms with Crippen LogP contribution in [0.4, 0.5) is 0 Å². The van der Waals surface area contributed by atoms with Crippen molar-refractivity contribution in [3.63, 3.8) is 0 Å². The molecule has 90 valence electrons. The maximum Gasteiger partial charge on any atom is 0.145 e. The van der Waals surface area contributed by atoms with E-state index in [1.165, 1.54) is 0 Å². The minimum atomic E-state index is 0.565. The summed E-state index contributed by atoms with van der Waals surface area (Å²) < 4.78 is 1.96. The summed E-state index contributed by atoms with van der Waals surface area (Å²) in [6.07, 6.45) is 1.96. The van der Waals surface area contributed by atoms with Crippen LogP contribution in [0, 0.1) is 6.92 Å². The quantitative estimate of drug-likeness (QED) is 0.403. The number of oxime groups is 1. The lowest BCUT2D eigenvalue weighted by Gasteiger charge is -2.03. The minimum Gasteiger partial charge on any atom is -0.411 e. The molecular formula is C14H13N3O. The van der Waals surface area contributed by atoms with Gasteiger partial charge < -0.3 is 5.21 Å². The van der Waals surface area contributed by atoms with Gasteiger partial charge in [-0.25, -0.2) is 4.98 Å². The number of aromatic nitrogens is 2. The Morgan fingerprint density at radius 3 is 2.83 bits per heavy atom. The number of benzene rings is 1. The Bertz CT molecular complexity index is 771. The van der Waals surface area contributed by atoms with Gasteiger partial charge in [0.1, 0.15) is 11.4 Å². The maximum atomic E-state index is 8.95. The van der Waals surface area contributed by atoms with Crippen molar-refractivity contribution < 1.29 is 5.21 Å². The third-order valence-electron chi connectivity index (χ3n) is 3.18. The summed E-state index contributed by atoms with van der Waals surface area (Å²) >= 11 is 0. The van der Waals surface area contributed by atoms with E-state index in [9.17, 15) is 0 Å². The van der Waals surface area contributed by atoms with E-state index in [1.807, 2.05) is 41.8 Å². The Morgan fingerprint density at radius 1 is 1.28 bits per heavy atom. The monoisotopic (exact) mass is 239 g/mol. The highest BCUT2D eigenvalue weighted by Gasteiger charge is 2.13. The smallest absolute Gasteiger partial charge is 0.145 e. The fraction of sp³-hybridized carbons (Fsp3) is 0.143. The lowest BCUT2D eigenvalue weighted by Crippen LogP contribution is -2.02. The molecule has 0 fully saturated rings. The molecule has 3 aromatic rings. The fourth-order valence-electron chi connectivity index (χ4n) is 2.37. The number of hydrogen-bond acceptors (Lipinski definition) is 3. The standard InChI is InChI=1S/C14H13N3O/c1-9-13(10(2)16-18)17-8-7-11-5-3-4-6-12(11)14(17)15-9/h3-8,18H,1-2H3/b16-10-. The topological polar surface area (TPSA) is 49.9 Å². The molecule has 0 aliphatic carbocycles. The van der Waals surface area contributed by atoms with Gasteiger partial charge in [0.15, 0.2) is 0 Å². The molecule has 0 aliphatic heterocycles. The van der Waals surface area contributed by atoms with E-state index < -0.39 is 0 Å². The van der Waals surface area contributed by atoms with E-state index in [0.717, 1.165) is 27.8 Å². The van der Waals surface area contributed by atoms with Crippen LogP contribution in [0.1, 0.15) is 18.3 Å². The minimum absolute atomic E-state index is 0.565.